The Hall–Kier alpha value is -14.2. The van der Waals surface area contributed by atoms with Crippen molar-refractivity contribution in [3.63, 3.8) is 0 Å². The zero-order valence-electron chi connectivity index (χ0n) is 85.2. The maximum absolute atomic E-state index is 15.6. The summed E-state index contributed by atoms with van der Waals surface area (Å²) < 4.78 is 0. The number of hydrogen-bond donors (Lipinski definition) is 31. The summed E-state index contributed by atoms with van der Waals surface area (Å²) in [6.45, 7) is 7.23. The van der Waals surface area contributed by atoms with Crippen molar-refractivity contribution in [2.45, 2.75) is 254 Å². The second-order valence-electron chi connectivity index (χ2n) is 38.6. The van der Waals surface area contributed by atoms with E-state index < -0.39 is 283 Å². The molecule has 828 valence electrons. The van der Waals surface area contributed by atoms with Crippen molar-refractivity contribution in [2.24, 2.45) is 51.5 Å². The van der Waals surface area contributed by atoms with Crippen LogP contribution in [0.4, 0.5) is 0 Å². The number of hydrogen-bond acceptors (Lipinski definition) is 27. The Balaban J connectivity index is 1.39. The molecule has 4 saturated heterocycles. The van der Waals surface area contributed by atoms with Crippen LogP contribution < -0.4 is 131 Å². The lowest BCUT2D eigenvalue weighted by Crippen LogP contribution is -2.61. The van der Waals surface area contributed by atoms with E-state index in [9.17, 15) is 24.3 Å². The van der Waals surface area contributed by atoms with E-state index in [4.69, 9.17) is 67.2 Å². The molecule has 3 aromatic rings. The van der Waals surface area contributed by atoms with E-state index in [1.807, 2.05) is 0 Å². The van der Waals surface area contributed by atoms with E-state index in [0.29, 0.717) is 22.0 Å². The van der Waals surface area contributed by atoms with Gasteiger partial charge in [0.15, 0.2) is 29.8 Å². The quantitative estimate of drug-likeness (QED) is 0.0145. The Bertz CT molecular complexity index is 5210. The van der Waals surface area contributed by atoms with Gasteiger partial charge in [-0.3, -0.25) is 109 Å². The van der Waals surface area contributed by atoms with Gasteiger partial charge < -0.3 is 160 Å². The summed E-state index contributed by atoms with van der Waals surface area (Å²) >= 11 is 2.86. The number of aliphatic carboxylic acids is 1. The molecule has 0 saturated carbocycles. The van der Waals surface area contributed by atoms with Crippen LogP contribution in [0.2, 0.25) is 0 Å². The minimum atomic E-state index is -1.78. The molecule has 4 bridgehead atoms. The van der Waals surface area contributed by atoms with Crippen LogP contribution in [0.5, 0.6) is 0 Å². The van der Waals surface area contributed by atoms with Gasteiger partial charge in [-0.2, -0.15) is 35.3 Å². The number of fused-ring (bicyclic) bond motifs is 9. The molecule has 4 aliphatic heterocycles. The Morgan fingerprint density at radius 2 is 0.933 bits per heavy atom. The number of carboxylic acid groups (broad SMARTS) is 1. The molecule has 5 heterocycles. The van der Waals surface area contributed by atoms with Crippen LogP contribution in [-0.4, -0.2) is 344 Å². The van der Waals surface area contributed by atoms with Crippen LogP contribution in [-0.2, 0) is 99.1 Å². The normalized spacial score (nSPS) is 22.3. The second-order valence-corrected chi connectivity index (χ2v) is 42.1. The monoisotopic (exact) mass is 2160 g/mol. The highest BCUT2D eigenvalue weighted by molar-refractivity contribution is 7.99. The number of benzene rings is 2. The largest absolute Gasteiger partial charge is 0.480 e. The number of carbonyl (C=O) groups is 18. The van der Waals surface area contributed by atoms with Gasteiger partial charge >= 0.3 is 5.97 Å². The molecule has 1 aromatic heterocycles. The van der Waals surface area contributed by atoms with Gasteiger partial charge in [0, 0.05) is 129 Å². The fourth-order valence-corrected chi connectivity index (χ4v) is 19.7. The summed E-state index contributed by atoms with van der Waals surface area (Å²) in [7, 11) is 0. The first-order chi connectivity index (χ1) is 71.1. The standard InChI is InChI=1S/C94H150N34O19S3/c1-52(2)41-63-81(139)113-61(25-15-36-111-93(105)106)79(137)123-68(83(141)116-59(23-13-34-109-91(101)102)77(135)120-65(88(146)147)43-54-45-112-57-21-10-9-19-55(54)57)47-149-39-30-73(131)126-49-125-50-127(51-126)74(132)31-40-150-48-69(84(142)115-58(22-12-33-108-90(99)100)76(134)117-62(80(138)118-63)27-28-71(96)129)124-86(144)70-26-16-37-128(70)87(145)66(44-94(3,4)5)121-78(136)60(24-14-35-110-92(103)104)114-82(140)64(42-53-17-7-6-8-18-53)119-85(143)67(46-148-38-29-72(125)130)122-75(133)56(95)20-11-32-107-89(97)98/h6-10,17-19,21,45,52,56,58-70,112H,11-16,20,22-44,46-51,95H2,1-5H3,(H2,96,129)(H,113,139)(H,114,140)(H,115,142)(H,116,141)(H,117,134)(H,118,138)(H,119,143)(H,120,135)(H,121,136)(H,122,133)(H,123,137)(H,124,144)(H,146,147)(H4,97,98,107)(H4,99,100,108)(H4,101,102,109)(H4,103,104,110)(H4,105,106,111)/t56-,58-,59-,60-,61-,62-,63-,64-,65-,66-,67-,68-,69-,70-/m0/s1. The number of amides is 17. The summed E-state index contributed by atoms with van der Waals surface area (Å²) in [5, 5.41) is 95.9. The molecular weight excluding hydrogens is 2010 g/mol. The van der Waals surface area contributed by atoms with Crippen LogP contribution in [0.15, 0.2) is 60.8 Å². The van der Waals surface area contributed by atoms with E-state index in [1.54, 1.807) is 95.4 Å². The van der Waals surface area contributed by atoms with Gasteiger partial charge in [-0.15, -0.1) is 0 Å². The molecule has 53 nitrogen and oxygen atoms in total. The van der Waals surface area contributed by atoms with Gasteiger partial charge in [-0.1, -0.05) is 83.1 Å². The highest BCUT2D eigenvalue weighted by Gasteiger charge is 2.44. The third-order valence-electron chi connectivity index (χ3n) is 24.6. The number of carboxylic acids is 1. The first-order valence-electron chi connectivity index (χ1n) is 49.9. The summed E-state index contributed by atoms with van der Waals surface area (Å²) in [5.74, 6) is -21.4. The number of guanidine groups is 5. The topological polar surface area (TPSA) is 862 Å². The minimum absolute atomic E-state index is 0.00463. The third kappa shape index (κ3) is 43.2. The Labute approximate surface area is 882 Å². The lowest BCUT2D eigenvalue weighted by Gasteiger charge is -2.42. The molecule has 17 amide bonds. The molecule has 0 aliphatic carbocycles. The molecule has 4 fully saturated rings. The van der Waals surface area contributed by atoms with Gasteiger partial charge in [-0.05, 0) is 125 Å². The van der Waals surface area contributed by atoms with E-state index in [0.717, 1.165) is 35.3 Å². The zero-order valence-corrected chi connectivity index (χ0v) is 87.7. The minimum Gasteiger partial charge on any atom is -0.480 e. The van der Waals surface area contributed by atoms with Crippen molar-refractivity contribution in [3.05, 3.63) is 71.9 Å². The molecule has 7 rings (SSSR count). The summed E-state index contributed by atoms with van der Waals surface area (Å²) in [4.78, 5) is 277. The molecule has 4 aliphatic rings. The molecule has 0 spiro atoms. The van der Waals surface area contributed by atoms with E-state index in [-0.39, 0.29) is 177 Å². The number of aromatic amines is 1. The van der Waals surface area contributed by atoms with Crippen LogP contribution in [0.25, 0.3) is 10.9 Å². The first-order valence-corrected chi connectivity index (χ1v) is 53.4. The van der Waals surface area contributed by atoms with Crippen LogP contribution >= 0.6 is 35.3 Å². The number of para-hydroxylation sites is 1. The van der Waals surface area contributed by atoms with Gasteiger partial charge in [0.25, 0.3) is 0 Å². The van der Waals surface area contributed by atoms with E-state index >= 15 is 67.1 Å². The van der Waals surface area contributed by atoms with Crippen molar-refractivity contribution in [1.29, 1.82) is 27.0 Å². The summed E-state index contributed by atoms with van der Waals surface area (Å²) in [6.07, 6.45) is -2.17. The Kier molecular flexibility index (Phi) is 51.0. The number of nitrogens with one attached hydrogen (secondary N) is 23. The maximum atomic E-state index is 15.6. The molecule has 150 heavy (non-hydrogen) atoms. The van der Waals surface area contributed by atoms with E-state index in [1.165, 1.54) is 19.6 Å². The maximum Gasteiger partial charge on any atom is 0.326 e. The van der Waals surface area contributed by atoms with Crippen LogP contribution in [0, 0.1) is 38.4 Å². The van der Waals surface area contributed by atoms with E-state index in [2.05, 4.69) is 95.4 Å². The number of rotatable bonds is 37. The van der Waals surface area contributed by atoms with Crippen molar-refractivity contribution in [2.75, 3.05) is 93.8 Å². The molecule has 38 N–H and O–H groups in total. The van der Waals surface area contributed by atoms with Gasteiger partial charge in [-0.25, -0.2) is 4.79 Å². The fraction of sp³-hybridized carbons (Fsp3) is 0.606. The lowest BCUT2D eigenvalue weighted by molar-refractivity contribution is -0.158. The number of thioether (sulfide) groups is 3. The van der Waals surface area contributed by atoms with Crippen molar-refractivity contribution in [1.82, 2.24) is 115 Å². The second kappa shape index (κ2) is 62.3. The average molecular weight is 2160 g/mol. The number of nitrogens with zero attached hydrogens (tertiary/aromatic N) is 4. The summed E-state index contributed by atoms with van der Waals surface area (Å²) in [6, 6.07) is -6.70. The molecule has 56 heteroatoms. The van der Waals surface area contributed by atoms with Gasteiger partial charge in [0.1, 0.15) is 78.5 Å². The van der Waals surface area contributed by atoms with Crippen molar-refractivity contribution < 1.29 is 91.4 Å². The third-order valence-corrected chi connectivity index (χ3v) is 27.8. The SMILES string of the molecule is CC(C)C[C@@H]1NC(=O)[C@H](CCC(N)=O)NC(=O)[C@H](CCCNC(=N)N)NC(=O)[C@@H]2CSCCC(=O)N3CN(CN(C3)C(=O)CCSC[C@H](NC(=O)[C@@H](N)CCCNC(=N)N)C(=O)N[C@@H](Cc3ccccc3)C(=O)N[C@@H](CCCNC(=N)N)C(=O)N[C@@H](CC(C)(C)C)C(=O)N3CCC[C@H]3C(=O)N2)C(=O)CCSC[C@@H](C(=O)N[C@@H](CCCNC(=N)N)C(=O)N[C@@H](Cc2c[nH]c3ccccc23)C(=O)O)NC(=O)[C@H](CCCNC(=N)N)NC1=O. The predicted molar refractivity (Wildman–Crippen MR) is 564 cm³/mol. The highest BCUT2D eigenvalue weighted by Crippen LogP contribution is 2.28. The van der Waals surface area contributed by atoms with Crippen LogP contribution in [0.1, 0.15) is 168 Å². The molecular formula is C94H150N34O19S3. The average Bonchev–Trinajstić information content (AvgIpc) is 1.65. The van der Waals surface area contributed by atoms with Gasteiger partial charge in [0.2, 0.25) is 100 Å². The number of H-pyrrole nitrogens is 1. The molecule has 14 atom stereocenters. The molecule has 0 radical (unpaired) electrons. The fourth-order valence-electron chi connectivity index (χ4n) is 16.8. The van der Waals surface area contributed by atoms with Crippen molar-refractivity contribution >= 4 is 182 Å². The Morgan fingerprint density at radius 3 is 1.44 bits per heavy atom. The number of nitrogens with two attached hydrogens (primary N) is 7. The number of aromatic nitrogens is 1. The van der Waals surface area contributed by atoms with Crippen LogP contribution in [0.3, 0.4) is 0 Å². The van der Waals surface area contributed by atoms with Crippen molar-refractivity contribution in [3.8, 4) is 0 Å². The lowest BCUT2D eigenvalue weighted by atomic mass is 9.87. The smallest absolute Gasteiger partial charge is 0.326 e. The first kappa shape index (κ1) is 123. The Morgan fingerprint density at radius 1 is 0.487 bits per heavy atom. The molecule has 2 aromatic carbocycles. The summed E-state index contributed by atoms with van der Waals surface area (Å²) in [5.41, 5.74) is 41.2. The predicted octanol–water partition coefficient (Wildman–Crippen LogP) is -5.99. The van der Waals surface area contributed by atoms with Gasteiger partial charge in [0.05, 0.1) is 26.0 Å². The number of carbonyl (C=O) groups excluding carboxylic acids is 17. The molecule has 0 unspecified atom stereocenters. The number of primary amides is 1. The zero-order chi connectivity index (χ0) is 110. The highest BCUT2D eigenvalue weighted by atomic mass is 32.2.